The molecule has 3 aromatic rings. The first-order valence-corrected chi connectivity index (χ1v) is 9.96. The van der Waals surface area contributed by atoms with Crippen LogP contribution in [0.15, 0.2) is 84.9 Å². The fourth-order valence-electron chi connectivity index (χ4n) is 4.31. The second kappa shape index (κ2) is 8.10. The first-order chi connectivity index (χ1) is 14.1. The van der Waals surface area contributed by atoms with Gasteiger partial charge in [0, 0.05) is 12.2 Å². The second-order valence-corrected chi connectivity index (χ2v) is 7.73. The van der Waals surface area contributed by atoms with Gasteiger partial charge in [-0.1, -0.05) is 60.7 Å². The van der Waals surface area contributed by atoms with Gasteiger partial charge in [0.15, 0.2) is 0 Å². The van der Waals surface area contributed by atoms with Gasteiger partial charge in [-0.25, -0.2) is 4.79 Å². The first-order valence-electron chi connectivity index (χ1n) is 9.96. The van der Waals surface area contributed by atoms with Crippen molar-refractivity contribution in [1.29, 1.82) is 0 Å². The Morgan fingerprint density at radius 3 is 2.03 bits per heavy atom. The van der Waals surface area contributed by atoms with Crippen molar-refractivity contribution in [3.63, 3.8) is 0 Å². The maximum atomic E-state index is 13.0. The minimum absolute atomic E-state index is 0.309. The summed E-state index contributed by atoms with van der Waals surface area (Å²) < 4.78 is 6.19. The van der Waals surface area contributed by atoms with E-state index in [2.05, 4.69) is 60.5 Å². The van der Waals surface area contributed by atoms with E-state index in [9.17, 15) is 4.79 Å². The van der Waals surface area contributed by atoms with Crippen LogP contribution in [0.1, 0.15) is 27.9 Å². The molecular weight excluding hydrogens is 360 g/mol. The van der Waals surface area contributed by atoms with Crippen LogP contribution < -0.4 is 5.73 Å². The molecule has 1 saturated heterocycles. The summed E-state index contributed by atoms with van der Waals surface area (Å²) in [6.45, 7) is 1.60. The fourth-order valence-corrected chi connectivity index (χ4v) is 4.31. The van der Waals surface area contributed by atoms with E-state index >= 15 is 0 Å². The lowest BCUT2D eigenvalue weighted by Gasteiger charge is -2.47. The molecule has 2 N–H and O–H groups in total. The van der Waals surface area contributed by atoms with Gasteiger partial charge in [0.25, 0.3) is 0 Å². The molecule has 4 rings (SSSR count). The summed E-state index contributed by atoms with van der Waals surface area (Å²) in [5, 5.41) is 0. The third-order valence-electron chi connectivity index (χ3n) is 5.89. The molecule has 1 aliphatic heterocycles. The van der Waals surface area contributed by atoms with E-state index in [0.29, 0.717) is 17.8 Å². The summed E-state index contributed by atoms with van der Waals surface area (Å²) in [5.74, 6) is -0.318. The highest BCUT2D eigenvalue weighted by molar-refractivity contribution is 5.90. The van der Waals surface area contributed by atoms with Crippen molar-refractivity contribution in [3.05, 3.63) is 102 Å². The molecule has 0 aromatic heterocycles. The third kappa shape index (κ3) is 3.76. The number of hydrogen-bond acceptors (Lipinski definition) is 4. The number of piperidine rings is 1. The molecule has 1 unspecified atom stereocenters. The molecule has 4 heteroatoms. The topological polar surface area (TPSA) is 55.6 Å². The lowest BCUT2D eigenvalue weighted by atomic mass is 9.66. The molecule has 1 aliphatic rings. The molecule has 0 saturated carbocycles. The molecule has 1 atom stereocenters. The normalized spacial score (nSPS) is 18.9. The molecule has 0 spiro atoms. The quantitative estimate of drug-likeness (QED) is 0.541. The number of nitrogen functional groups attached to an aromatic ring is 1. The average Bonchev–Trinajstić information content (AvgIpc) is 2.76. The number of anilines is 1. The molecule has 0 amide bonds. The molecule has 4 nitrogen and oxygen atoms in total. The number of carbonyl (C=O) groups excluding carboxylic acids is 1. The third-order valence-corrected chi connectivity index (χ3v) is 5.89. The summed E-state index contributed by atoms with van der Waals surface area (Å²) in [4.78, 5) is 15.2. The number of hydrogen-bond donors (Lipinski definition) is 1. The number of esters is 1. The molecule has 0 aliphatic carbocycles. The fraction of sp³-hybridized carbons (Fsp3) is 0.240. The van der Waals surface area contributed by atoms with E-state index in [-0.39, 0.29) is 12.1 Å². The van der Waals surface area contributed by atoms with Gasteiger partial charge in [0.05, 0.1) is 11.0 Å². The summed E-state index contributed by atoms with van der Waals surface area (Å²) in [7, 11) is 2.07. The molecule has 29 heavy (non-hydrogen) atoms. The van der Waals surface area contributed by atoms with E-state index in [1.165, 1.54) is 11.1 Å². The smallest absolute Gasteiger partial charge is 0.338 e. The number of likely N-dealkylation sites (N-methyl/N-ethyl adjacent to an activating group) is 1. The van der Waals surface area contributed by atoms with Crippen molar-refractivity contribution >= 4 is 11.7 Å². The van der Waals surface area contributed by atoms with Gasteiger partial charge in [0.1, 0.15) is 6.10 Å². The van der Waals surface area contributed by atoms with Crippen LogP contribution in [0, 0.1) is 0 Å². The number of rotatable bonds is 4. The monoisotopic (exact) mass is 386 g/mol. The van der Waals surface area contributed by atoms with E-state index in [1.807, 2.05) is 12.1 Å². The second-order valence-electron chi connectivity index (χ2n) is 7.73. The highest BCUT2D eigenvalue weighted by atomic mass is 16.5. The van der Waals surface area contributed by atoms with E-state index in [4.69, 9.17) is 10.5 Å². The molecule has 0 radical (unpaired) electrons. The first kappa shape index (κ1) is 19.2. The molecule has 1 fully saturated rings. The lowest BCUT2D eigenvalue weighted by Crippen LogP contribution is -2.54. The van der Waals surface area contributed by atoms with Crippen LogP contribution >= 0.6 is 0 Å². The minimum Gasteiger partial charge on any atom is -0.456 e. The van der Waals surface area contributed by atoms with Crippen LogP contribution in [0.2, 0.25) is 0 Å². The zero-order chi connectivity index (χ0) is 20.3. The Hall–Kier alpha value is -3.11. The lowest BCUT2D eigenvalue weighted by molar-refractivity contribution is -0.0161. The summed E-state index contributed by atoms with van der Waals surface area (Å²) in [6, 6.07) is 27.7. The van der Waals surface area contributed by atoms with Crippen LogP contribution in [-0.4, -0.2) is 37.1 Å². The summed E-state index contributed by atoms with van der Waals surface area (Å²) in [6.07, 6.45) is 0.563. The zero-order valence-electron chi connectivity index (χ0n) is 16.6. The van der Waals surface area contributed by atoms with Crippen molar-refractivity contribution in [2.75, 3.05) is 25.9 Å². The number of ether oxygens (including phenoxy) is 1. The largest absolute Gasteiger partial charge is 0.456 e. The van der Waals surface area contributed by atoms with Gasteiger partial charge in [-0.05, 0) is 55.4 Å². The Bertz CT molecular complexity index is 916. The van der Waals surface area contributed by atoms with Gasteiger partial charge >= 0.3 is 5.97 Å². The van der Waals surface area contributed by atoms with E-state index in [1.54, 1.807) is 24.3 Å². The Morgan fingerprint density at radius 2 is 1.48 bits per heavy atom. The van der Waals surface area contributed by atoms with Crippen LogP contribution in [-0.2, 0) is 10.2 Å². The van der Waals surface area contributed by atoms with Gasteiger partial charge in [-0.2, -0.15) is 0 Å². The van der Waals surface area contributed by atoms with Crippen molar-refractivity contribution in [1.82, 2.24) is 4.90 Å². The highest BCUT2D eigenvalue weighted by Gasteiger charge is 2.47. The SMILES string of the molecule is CN1CCC(c2ccccc2)(c2ccccc2)C(OC(=O)c2ccc(N)cc2)C1. The minimum atomic E-state index is -0.390. The Balaban J connectivity index is 1.77. The van der Waals surface area contributed by atoms with Crippen LogP contribution in [0.25, 0.3) is 0 Å². The number of nitrogens with zero attached hydrogens (tertiary/aromatic N) is 1. The predicted octanol–water partition coefficient (Wildman–Crippen LogP) is 4.12. The predicted molar refractivity (Wildman–Crippen MR) is 116 cm³/mol. The molecule has 3 aromatic carbocycles. The number of carbonyl (C=O) groups is 1. The molecule has 0 bridgehead atoms. The maximum Gasteiger partial charge on any atom is 0.338 e. The number of likely N-dealkylation sites (tertiary alicyclic amines) is 1. The standard InChI is InChI=1S/C25H26N2O2/c1-27-17-16-25(20-8-4-2-5-9-20,21-10-6-3-7-11-21)23(18-27)29-24(28)19-12-14-22(26)15-13-19/h2-15,23H,16-18,26H2,1H3. The summed E-state index contributed by atoms with van der Waals surface area (Å²) in [5.41, 5.74) is 8.87. The van der Waals surface area contributed by atoms with Crippen molar-refractivity contribution in [3.8, 4) is 0 Å². The summed E-state index contributed by atoms with van der Waals surface area (Å²) >= 11 is 0. The zero-order valence-corrected chi connectivity index (χ0v) is 16.6. The van der Waals surface area contributed by atoms with Gasteiger partial charge < -0.3 is 15.4 Å². The Morgan fingerprint density at radius 1 is 0.931 bits per heavy atom. The van der Waals surface area contributed by atoms with Crippen LogP contribution in [0.4, 0.5) is 5.69 Å². The Kier molecular flexibility index (Phi) is 5.36. The van der Waals surface area contributed by atoms with Crippen molar-refractivity contribution < 1.29 is 9.53 Å². The van der Waals surface area contributed by atoms with Crippen LogP contribution in [0.5, 0.6) is 0 Å². The molecule has 1 heterocycles. The molecular formula is C25H26N2O2. The van der Waals surface area contributed by atoms with Gasteiger partial charge in [-0.3, -0.25) is 0 Å². The van der Waals surface area contributed by atoms with E-state index in [0.717, 1.165) is 13.0 Å². The van der Waals surface area contributed by atoms with Gasteiger partial charge in [0.2, 0.25) is 0 Å². The van der Waals surface area contributed by atoms with Gasteiger partial charge in [-0.15, -0.1) is 0 Å². The highest BCUT2D eigenvalue weighted by Crippen LogP contribution is 2.43. The Labute approximate surface area is 171 Å². The molecule has 148 valence electrons. The average molecular weight is 386 g/mol. The number of benzene rings is 3. The van der Waals surface area contributed by atoms with Crippen molar-refractivity contribution in [2.24, 2.45) is 0 Å². The van der Waals surface area contributed by atoms with E-state index < -0.39 is 5.41 Å². The van der Waals surface area contributed by atoms with Crippen molar-refractivity contribution in [2.45, 2.75) is 17.9 Å². The number of nitrogens with two attached hydrogens (primary N) is 1. The maximum absolute atomic E-state index is 13.0. The van der Waals surface area contributed by atoms with Crippen LogP contribution in [0.3, 0.4) is 0 Å².